The van der Waals surface area contributed by atoms with Crippen LogP contribution in [0.5, 0.6) is 0 Å². The van der Waals surface area contributed by atoms with Crippen molar-refractivity contribution in [3.8, 4) is 0 Å². The first-order valence-electron chi connectivity index (χ1n) is 7.11. The maximum Gasteiger partial charge on any atom is 0.239 e. The molecule has 122 valence electrons. The van der Waals surface area contributed by atoms with Crippen LogP contribution in [0.15, 0.2) is 4.99 Å². The summed E-state index contributed by atoms with van der Waals surface area (Å²) in [7, 11) is -0.315. The summed E-state index contributed by atoms with van der Waals surface area (Å²) in [6.07, 6.45) is 1.94. The molecule has 2 amide bonds. The second kappa shape index (κ2) is 10.4. The van der Waals surface area contributed by atoms with Crippen molar-refractivity contribution in [1.82, 2.24) is 10.4 Å². The van der Waals surface area contributed by atoms with Crippen LogP contribution in [0.1, 0.15) is 33.1 Å². The van der Waals surface area contributed by atoms with E-state index in [2.05, 4.69) is 15.4 Å². The molecule has 2 unspecified atom stereocenters. The van der Waals surface area contributed by atoms with Gasteiger partial charge in [0.25, 0.3) is 0 Å². The second-order valence-corrected chi connectivity index (χ2v) is 7.20. The quantitative estimate of drug-likeness (QED) is 0.212. The molecule has 0 fully saturated rings. The Kier molecular flexibility index (Phi) is 9.71. The van der Waals surface area contributed by atoms with E-state index < -0.39 is 11.9 Å². The molecular formula is C13H28N5O2P. The minimum Gasteiger partial charge on any atom is -0.370 e. The summed E-state index contributed by atoms with van der Waals surface area (Å²) in [5, 5.41) is 5.72. The van der Waals surface area contributed by atoms with E-state index in [0.29, 0.717) is 25.3 Å². The predicted octanol–water partition coefficient (Wildman–Crippen LogP) is 0.344. The molecule has 0 spiro atoms. The lowest BCUT2D eigenvalue weighted by molar-refractivity contribution is -0.129. The Morgan fingerprint density at radius 3 is 2.38 bits per heavy atom. The van der Waals surface area contributed by atoms with Crippen molar-refractivity contribution >= 4 is 25.8 Å². The lowest BCUT2D eigenvalue weighted by atomic mass is 10.0. The van der Waals surface area contributed by atoms with Crippen molar-refractivity contribution in [2.45, 2.75) is 39.2 Å². The molecule has 0 aliphatic rings. The number of nitrogens with one attached hydrogen (secondary N) is 2. The summed E-state index contributed by atoms with van der Waals surface area (Å²) >= 11 is 0. The van der Waals surface area contributed by atoms with Gasteiger partial charge in [-0.05, 0) is 40.7 Å². The van der Waals surface area contributed by atoms with Gasteiger partial charge in [0.05, 0.1) is 0 Å². The summed E-state index contributed by atoms with van der Waals surface area (Å²) in [5.41, 5.74) is 10.9. The van der Waals surface area contributed by atoms with Crippen molar-refractivity contribution < 1.29 is 9.59 Å². The lowest BCUT2D eigenvalue weighted by Gasteiger charge is -2.17. The molecule has 2 atom stereocenters. The van der Waals surface area contributed by atoms with Gasteiger partial charge >= 0.3 is 0 Å². The Bertz CT molecular complexity index is 374. The highest BCUT2D eigenvalue weighted by Gasteiger charge is 2.19. The van der Waals surface area contributed by atoms with Gasteiger partial charge in [0.2, 0.25) is 11.8 Å². The fourth-order valence-corrected chi connectivity index (χ4v) is 2.21. The topological polar surface area (TPSA) is 123 Å². The Morgan fingerprint density at radius 1 is 1.29 bits per heavy atom. The number of nitrogens with two attached hydrogens (primary N) is 2. The van der Waals surface area contributed by atoms with Crippen molar-refractivity contribution in [2.75, 3.05) is 19.9 Å². The average Bonchev–Trinajstić information content (AvgIpc) is 2.39. The maximum absolute atomic E-state index is 11.9. The summed E-state index contributed by atoms with van der Waals surface area (Å²) in [6, 6.07) is -0.592. The highest BCUT2D eigenvalue weighted by molar-refractivity contribution is 7.54. The van der Waals surface area contributed by atoms with Crippen molar-refractivity contribution in [1.29, 1.82) is 0 Å². The second-order valence-electron chi connectivity index (χ2n) is 5.19. The molecule has 0 aliphatic heterocycles. The van der Waals surface area contributed by atoms with E-state index in [1.165, 1.54) is 0 Å². The molecule has 0 radical (unpaired) electrons. The Balaban J connectivity index is 4.06. The maximum atomic E-state index is 11.9. The fourth-order valence-electron chi connectivity index (χ4n) is 1.68. The zero-order valence-electron chi connectivity index (χ0n) is 13.3. The third kappa shape index (κ3) is 9.24. The van der Waals surface area contributed by atoms with Gasteiger partial charge in [-0.2, -0.15) is 0 Å². The molecule has 7 nitrogen and oxygen atoms in total. The van der Waals surface area contributed by atoms with Crippen LogP contribution in [-0.2, 0) is 9.59 Å². The number of carbonyl (C=O) groups is 2. The number of carbonyl (C=O) groups excluding carboxylic acids is 2. The highest BCUT2D eigenvalue weighted by Crippen LogP contribution is 2.15. The van der Waals surface area contributed by atoms with Gasteiger partial charge in [-0.15, -0.1) is 0 Å². The SMILES string of the molecule is CCC(NC(=O)C(C)CCCN=C(N)NP(C)C)C(N)=O. The van der Waals surface area contributed by atoms with E-state index in [1.54, 1.807) is 6.92 Å². The van der Waals surface area contributed by atoms with Crippen LogP contribution in [0.2, 0.25) is 0 Å². The normalized spacial score (nSPS) is 14.6. The largest absolute Gasteiger partial charge is 0.370 e. The van der Waals surface area contributed by atoms with E-state index in [4.69, 9.17) is 11.5 Å². The Morgan fingerprint density at radius 2 is 1.90 bits per heavy atom. The predicted molar refractivity (Wildman–Crippen MR) is 88.2 cm³/mol. The molecule has 0 heterocycles. The Hall–Kier alpha value is -1.36. The summed E-state index contributed by atoms with van der Waals surface area (Å²) in [6.45, 7) is 8.31. The van der Waals surface area contributed by atoms with E-state index in [0.717, 1.165) is 6.42 Å². The zero-order chi connectivity index (χ0) is 16.4. The van der Waals surface area contributed by atoms with Crippen LogP contribution in [0.4, 0.5) is 0 Å². The molecule has 0 rings (SSSR count). The van der Waals surface area contributed by atoms with E-state index >= 15 is 0 Å². The minimum atomic E-state index is -0.592. The number of amides is 2. The Labute approximate surface area is 128 Å². The molecule has 0 saturated carbocycles. The van der Waals surface area contributed by atoms with E-state index in [-0.39, 0.29) is 19.9 Å². The van der Waals surface area contributed by atoms with Gasteiger partial charge in [-0.25, -0.2) is 0 Å². The summed E-state index contributed by atoms with van der Waals surface area (Å²) in [4.78, 5) is 27.2. The van der Waals surface area contributed by atoms with Crippen LogP contribution >= 0.6 is 8.07 Å². The number of rotatable bonds is 9. The van der Waals surface area contributed by atoms with Gasteiger partial charge in [-0.3, -0.25) is 14.6 Å². The first-order valence-corrected chi connectivity index (χ1v) is 9.35. The van der Waals surface area contributed by atoms with Gasteiger partial charge in [0.1, 0.15) is 6.04 Å². The van der Waals surface area contributed by atoms with E-state index in [1.807, 2.05) is 20.3 Å². The third-order valence-electron chi connectivity index (χ3n) is 2.93. The molecule has 0 bridgehead atoms. The van der Waals surface area contributed by atoms with E-state index in [9.17, 15) is 9.59 Å². The molecule has 0 aliphatic carbocycles. The van der Waals surface area contributed by atoms with Crippen LogP contribution in [-0.4, -0.2) is 43.7 Å². The minimum absolute atomic E-state index is 0.152. The monoisotopic (exact) mass is 317 g/mol. The number of guanidine groups is 1. The zero-order valence-corrected chi connectivity index (χ0v) is 14.2. The van der Waals surface area contributed by atoms with Crippen molar-refractivity contribution in [3.63, 3.8) is 0 Å². The van der Waals surface area contributed by atoms with Crippen LogP contribution in [0.25, 0.3) is 0 Å². The summed E-state index contributed by atoms with van der Waals surface area (Å²) in [5.74, 6) is -0.390. The number of aliphatic imine (C=N–C) groups is 1. The molecule has 8 heteroatoms. The van der Waals surface area contributed by atoms with Crippen LogP contribution < -0.4 is 21.9 Å². The van der Waals surface area contributed by atoms with Crippen molar-refractivity contribution in [3.05, 3.63) is 0 Å². The summed E-state index contributed by atoms with van der Waals surface area (Å²) < 4.78 is 0. The average molecular weight is 317 g/mol. The molecule has 0 aromatic rings. The number of primary amides is 1. The third-order valence-corrected chi connectivity index (χ3v) is 3.61. The lowest BCUT2D eigenvalue weighted by Crippen LogP contribution is -2.45. The van der Waals surface area contributed by atoms with Gasteiger partial charge in [-0.1, -0.05) is 13.8 Å². The molecule has 21 heavy (non-hydrogen) atoms. The smallest absolute Gasteiger partial charge is 0.239 e. The fraction of sp³-hybridized carbons (Fsp3) is 0.769. The van der Waals surface area contributed by atoms with Crippen LogP contribution in [0, 0.1) is 5.92 Å². The molecule has 0 aromatic heterocycles. The first-order chi connectivity index (χ1) is 9.77. The molecule has 0 aromatic carbocycles. The number of nitrogens with zero attached hydrogens (tertiary/aromatic N) is 1. The van der Waals surface area contributed by atoms with Gasteiger partial charge < -0.3 is 21.9 Å². The number of hydrogen-bond acceptors (Lipinski definition) is 3. The van der Waals surface area contributed by atoms with Crippen molar-refractivity contribution in [2.24, 2.45) is 22.4 Å². The standard InChI is InChI=1S/C13H28N5O2P/c1-5-10(11(14)19)17-12(20)9(2)7-6-8-16-13(15)18-21(3)4/h9-10H,5-8H2,1-4H3,(H2,14,19)(H,17,20)(H3,15,16,18). The van der Waals surface area contributed by atoms with Gasteiger partial charge in [0.15, 0.2) is 5.96 Å². The molecule has 6 N–H and O–H groups in total. The van der Waals surface area contributed by atoms with Crippen LogP contribution in [0.3, 0.4) is 0 Å². The highest BCUT2D eigenvalue weighted by atomic mass is 31.1. The first kappa shape index (κ1) is 19.6. The van der Waals surface area contributed by atoms with Gasteiger partial charge in [0, 0.05) is 12.5 Å². The molecule has 0 saturated heterocycles. The number of hydrogen-bond donors (Lipinski definition) is 4. The molecular weight excluding hydrogens is 289 g/mol.